The Balaban J connectivity index is 2.74. The maximum Gasteiger partial charge on any atom is 0.193 e. The fourth-order valence-electron chi connectivity index (χ4n) is 0.583. The van der Waals surface area contributed by atoms with Gasteiger partial charge in [-0.25, -0.2) is 0 Å². The molecule has 2 nitrogen and oxygen atoms in total. The van der Waals surface area contributed by atoms with Gasteiger partial charge in [0.25, 0.3) is 0 Å². The van der Waals surface area contributed by atoms with E-state index in [1.54, 1.807) is 12.1 Å². The van der Waals surface area contributed by atoms with Crippen LogP contribution in [-0.2, 0) is 0 Å². The summed E-state index contributed by atoms with van der Waals surface area (Å²) in [4.78, 5) is 0. The summed E-state index contributed by atoms with van der Waals surface area (Å²) < 4.78 is 4.92. The molecule has 0 aliphatic rings. The van der Waals surface area contributed by atoms with E-state index in [-0.39, 0.29) is 0 Å². The number of aliphatic hydroxyl groups is 1. The predicted molar refractivity (Wildman–Crippen MR) is 42.5 cm³/mol. The highest BCUT2D eigenvalue weighted by Crippen LogP contribution is 2.20. The smallest absolute Gasteiger partial charge is 0.193 e. The molecule has 0 saturated heterocycles. The summed E-state index contributed by atoms with van der Waals surface area (Å²) in [6.07, 6.45) is -0.604. The molecule has 0 fully saturated rings. The lowest BCUT2D eigenvalue weighted by atomic mass is 10.3. The van der Waals surface area contributed by atoms with Crippen molar-refractivity contribution in [2.45, 2.75) is 6.10 Å². The lowest BCUT2D eigenvalue weighted by Crippen LogP contribution is -1.94. The van der Waals surface area contributed by atoms with Gasteiger partial charge in [0.15, 0.2) is 5.22 Å². The Morgan fingerprint density at radius 1 is 1.70 bits per heavy atom. The molecule has 1 aromatic rings. The molecule has 0 radical (unpaired) electrons. The van der Waals surface area contributed by atoms with Gasteiger partial charge in [-0.05, 0) is 23.7 Å². The molecule has 0 spiro atoms. The van der Waals surface area contributed by atoms with Crippen molar-refractivity contribution in [1.29, 1.82) is 0 Å². The van der Waals surface area contributed by atoms with Gasteiger partial charge >= 0.3 is 0 Å². The quantitative estimate of drug-likeness (QED) is 0.784. The fraction of sp³-hybridized carbons (Fsp3) is 0.333. The van der Waals surface area contributed by atoms with Gasteiger partial charge in [0.2, 0.25) is 0 Å². The van der Waals surface area contributed by atoms with Gasteiger partial charge < -0.3 is 9.52 Å². The summed E-state index contributed by atoms with van der Waals surface area (Å²) in [5.41, 5.74) is 0. The summed E-state index contributed by atoms with van der Waals surface area (Å²) in [6.45, 7) is 0. The molecule has 4 heteroatoms. The van der Waals surface area contributed by atoms with Crippen LogP contribution in [0.25, 0.3) is 0 Å². The first-order valence-corrected chi connectivity index (χ1v) is 4.23. The molecule has 10 heavy (non-hydrogen) atoms. The number of aliphatic hydroxyl groups excluding tert-OH is 1. The maximum absolute atomic E-state index is 9.14. The Morgan fingerprint density at radius 2 is 2.40 bits per heavy atom. The monoisotopic (exact) mass is 224 g/mol. The van der Waals surface area contributed by atoms with Crippen molar-refractivity contribution in [2.24, 2.45) is 0 Å². The highest BCUT2D eigenvalue weighted by molar-refractivity contribution is 9.09. The van der Waals surface area contributed by atoms with Crippen molar-refractivity contribution in [1.82, 2.24) is 0 Å². The van der Waals surface area contributed by atoms with Gasteiger partial charge in [-0.15, -0.1) is 0 Å². The lowest BCUT2D eigenvalue weighted by molar-refractivity contribution is 0.175. The van der Waals surface area contributed by atoms with Crippen LogP contribution in [0.5, 0.6) is 0 Å². The molecule has 0 aromatic carbocycles. The van der Waals surface area contributed by atoms with Crippen molar-refractivity contribution < 1.29 is 9.52 Å². The molecule has 1 unspecified atom stereocenters. The first-order chi connectivity index (χ1) is 4.74. The molecule has 1 heterocycles. The first-order valence-electron chi connectivity index (χ1n) is 2.73. The van der Waals surface area contributed by atoms with Crippen LogP contribution in [0.4, 0.5) is 0 Å². The van der Waals surface area contributed by atoms with Gasteiger partial charge in [0.1, 0.15) is 11.9 Å². The summed E-state index contributed by atoms with van der Waals surface area (Å²) in [7, 11) is 0. The third kappa shape index (κ3) is 1.75. The molecule has 0 aliphatic heterocycles. The maximum atomic E-state index is 9.14. The van der Waals surface area contributed by atoms with Crippen LogP contribution in [0.2, 0.25) is 5.22 Å². The van der Waals surface area contributed by atoms with Crippen molar-refractivity contribution in [3.8, 4) is 0 Å². The average Bonchev–Trinajstić information content (AvgIpc) is 2.34. The number of alkyl halides is 1. The van der Waals surface area contributed by atoms with E-state index in [1.807, 2.05) is 0 Å². The molecule has 0 saturated carbocycles. The minimum Gasteiger partial charge on any atom is -0.447 e. The molecular formula is C6H6BrClO2. The van der Waals surface area contributed by atoms with E-state index < -0.39 is 6.10 Å². The number of hydrogen-bond donors (Lipinski definition) is 1. The summed E-state index contributed by atoms with van der Waals surface area (Å²) in [5, 5.41) is 9.90. The molecule has 56 valence electrons. The van der Waals surface area contributed by atoms with Crippen LogP contribution in [0.3, 0.4) is 0 Å². The van der Waals surface area contributed by atoms with Gasteiger partial charge in [-0.1, -0.05) is 15.9 Å². The molecule has 1 aromatic heterocycles. The largest absolute Gasteiger partial charge is 0.447 e. The Kier molecular flexibility index (Phi) is 2.77. The van der Waals surface area contributed by atoms with Crippen molar-refractivity contribution in [3.05, 3.63) is 23.1 Å². The van der Waals surface area contributed by atoms with E-state index in [1.165, 1.54) is 0 Å². The van der Waals surface area contributed by atoms with Crippen molar-refractivity contribution >= 4 is 27.5 Å². The average molecular weight is 225 g/mol. The first kappa shape index (κ1) is 8.11. The molecule has 1 atom stereocenters. The van der Waals surface area contributed by atoms with E-state index >= 15 is 0 Å². The third-order valence-electron chi connectivity index (χ3n) is 1.07. The zero-order valence-electron chi connectivity index (χ0n) is 5.05. The molecule has 1 N–H and O–H groups in total. The summed E-state index contributed by atoms with van der Waals surface area (Å²) >= 11 is 8.58. The van der Waals surface area contributed by atoms with Gasteiger partial charge in [-0.3, -0.25) is 0 Å². The third-order valence-corrected chi connectivity index (χ3v) is 1.89. The van der Waals surface area contributed by atoms with Gasteiger partial charge in [-0.2, -0.15) is 0 Å². The number of furan rings is 1. The topological polar surface area (TPSA) is 33.4 Å². The standard InChI is InChI=1S/C6H6BrClO2/c7-3-4(9)5-1-2-6(8)10-5/h1-2,4,9H,3H2. The Morgan fingerprint density at radius 3 is 2.80 bits per heavy atom. The van der Waals surface area contributed by atoms with E-state index in [0.29, 0.717) is 16.3 Å². The molecule has 0 amide bonds. The van der Waals surface area contributed by atoms with Gasteiger partial charge in [0.05, 0.1) is 0 Å². The number of halogens is 2. The predicted octanol–water partition coefficient (Wildman–Crippen LogP) is 2.36. The summed E-state index contributed by atoms with van der Waals surface area (Å²) in [6, 6.07) is 3.25. The highest BCUT2D eigenvalue weighted by atomic mass is 79.9. The SMILES string of the molecule is OC(CBr)c1ccc(Cl)o1. The van der Waals surface area contributed by atoms with Gasteiger partial charge in [0, 0.05) is 5.33 Å². The van der Waals surface area contributed by atoms with E-state index in [2.05, 4.69) is 15.9 Å². The van der Waals surface area contributed by atoms with Crippen molar-refractivity contribution in [3.63, 3.8) is 0 Å². The second kappa shape index (κ2) is 3.42. The number of rotatable bonds is 2. The van der Waals surface area contributed by atoms with E-state index in [0.717, 1.165) is 0 Å². The van der Waals surface area contributed by atoms with E-state index in [4.69, 9.17) is 21.1 Å². The van der Waals surface area contributed by atoms with Crippen molar-refractivity contribution in [2.75, 3.05) is 5.33 Å². The van der Waals surface area contributed by atoms with Crippen LogP contribution in [0.1, 0.15) is 11.9 Å². The van der Waals surface area contributed by atoms with Crippen LogP contribution < -0.4 is 0 Å². The highest BCUT2D eigenvalue weighted by Gasteiger charge is 2.08. The number of hydrogen-bond acceptors (Lipinski definition) is 2. The zero-order valence-corrected chi connectivity index (χ0v) is 7.39. The fourth-order valence-corrected chi connectivity index (χ4v) is 1.05. The minimum absolute atomic E-state index is 0.301. The molecule has 0 aliphatic carbocycles. The second-order valence-corrected chi connectivity index (χ2v) is 2.83. The lowest BCUT2D eigenvalue weighted by Gasteiger charge is -1.99. The Bertz CT molecular complexity index is 211. The molecule has 1 rings (SSSR count). The van der Waals surface area contributed by atoms with Crippen LogP contribution in [0.15, 0.2) is 16.5 Å². The Hall–Kier alpha value is 0.01000. The second-order valence-electron chi connectivity index (χ2n) is 1.81. The summed E-state index contributed by atoms with van der Waals surface area (Å²) in [5.74, 6) is 0.488. The normalized spacial score (nSPS) is 13.5. The molecular weight excluding hydrogens is 219 g/mol. The van der Waals surface area contributed by atoms with E-state index in [9.17, 15) is 0 Å². The molecule has 0 bridgehead atoms. The minimum atomic E-state index is -0.604. The van der Waals surface area contributed by atoms with Crippen LogP contribution >= 0.6 is 27.5 Å². The van der Waals surface area contributed by atoms with Crippen LogP contribution in [-0.4, -0.2) is 10.4 Å². The Labute approximate surface area is 71.9 Å². The van der Waals surface area contributed by atoms with Crippen LogP contribution in [0, 0.1) is 0 Å². The zero-order chi connectivity index (χ0) is 7.56.